The molecule has 0 fully saturated rings. The van der Waals surface area contributed by atoms with Crippen molar-refractivity contribution in [1.82, 2.24) is 20.1 Å². The first-order valence-electron chi connectivity index (χ1n) is 8.78. The molecule has 7 heteroatoms. The van der Waals surface area contributed by atoms with Gasteiger partial charge in [-0.3, -0.25) is 4.79 Å². The molecule has 0 radical (unpaired) electrons. The summed E-state index contributed by atoms with van der Waals surface area (Å²) in [7, 11) is 0. The molecule has 0 aliphatic rings. The Bertz CT molecular complexity index is 1040. The summed E-state index contributed by atoms with van der Waals surface area (Å²) in [5.41, 5.74) is 2.95. The molecule has 2 N–H and O–H groups in total. The SMILES string of the molecule is O=C(NCC(O)c1ccc(-n2cccn2)cc1)c1csc(-c2ccccc2)n1. The molecule has 4 aromatic rings. The van der Waals surface area contributed by atoms with E-state index in [1.54, 1.807) is 16.3 Å². The lowest BCUT2D eigenvalue weighted by Crippen LogP contribution is -2.28. The van der Waals surface area contributed by atoms with Gasteiger partial charge in [-0.1, -0.05) is 42.5 Å². The van der Waals surface area contributed by atoms with Crippen molar-refractivity contribution < 1.29 is 9.90 Å². The van der Waals surface area contributed by atoms with E-state index in [4.69, 9.17) is 0 Å². The maximum atomic E-state index is 12.3. The molecular formula is C21H18N4O2S. The zero-order chi connectivity index (χ0) is 19.3. The second-order valence-electron chi connectivity index (χ2n) is 6.17. The number of hydrogen-bond acceptors (Lipinski definition) is 5. The lowest BCUT2D eigenvalue weighted by Gasteiger charge is -2.12. The minimum Gasteiger partial charge on any atom is -0.387 e. The van der Waals surface area contributed by atoms with E-state index in [1.165, 1.54) is 11.3 Å². The third kappa shape index (κ3) is 4.00. The number of aliphatic hydroxyl groups excluding tert-OH is 1. The van der Waals surface area contributed by atoms with Gasteiger partial charge in [-0.2, -0.15) is 5.10 Å². The topological polar surface area (TPSA) is 80.0 Å². The van der Waals surface area contributed by atoms with Gasteiger partial charge in [0.2, 0.25) is 0 Å². The van der Waals surface area contributed by atoms with Crippen molar-refractivity contribution in [3.63, 3.8) is 0 Å². The fraction of sp³-hybridized carbons (Fsp3) is 0.0952. The Labute approximate surface area is 166 Å². The van der Waals surface area contributed by atoms with E-state index >= 15 is 0 Å². The third-order valence-corrected chi connectivity index (χ3v) is 5.15. The van der Waals surface area contributed by atoms with E-state index in [9.17, 15) is 9.90 Å². The second kappa shape index (κ2) is 8.16. The minimum atomic E-state index is -0.803. The molecule has 1 atom stereocenters. The molecule has 4 rings (SSSR count). The number of carbonyl (C=O) groups excluding carboxylic acids is 1. The zero-order valence-electron chi connectivity index (χ0n) is 14.9. The molecule has 28 heavy (non-hydrogen) atoms. The van der Waals surface area contributed by atoms with Gasteiger partial charge in [0.15, 0.2) is 0 Å². The number of benzene rings is 2. The van der Waals surface area contributed by atoms with Crippen LogP contribution in [0.25, 0.3) is 16.3 Å². The highest BCUT2D eigenvalue weighted by Crippen LogP contribution is 2.23. The normalized spacial score (nSPS) is 11.9. The van der Waals surface area contributed by atoms with Crippen LogP contribution in [0.5, 0.6) is 0 Å². The molecular weight excluding hydrogens is 372 g/mol. The number of hydrogen-bond donors (Lipinski definition) is 2. The highest BCUT2D eigenvalue weighted by Gasteiger charge is 2.14. The molecule has 0 spiro atoms. The van der Waals surface area contributed by atoms with Crippen molar-refractivity contribution in [1.29, 1.82) is 0 Å². The fourth-order valence-corrected chi connectivity index (χ4v) is 3.57. The van der Waals surface area contributed by atoms with E-state index in [0.29, 0.717) is 5.69 Å². The third-order valence-electron chi connectivity index (χ3n) is 4.26. The number of amides is 1. The maximum Gasteiger partial charge on any atom is 0.270 e. The van der Waals surface area contributed by atoms with Gasteiger partial charge in [-0.15, -0.1) is 11.3 Å². The fourth-order valence-electron chi connectivity index (χ4n) is 2.76. The van der Waals surface area contributed by atoms with Crippen molar-refractivity contribution in [2.75, 3.05) is 6.54 Å². The maximum absolute atomic E-state index is 12.3. The van der Waals surface area contributed by atoms with Gasteiger partial charge < -0.3 is 10.4 Å². The van der Waals surface area contributed by atoms with Crippen molar-refractivity contribution in [3.05, 3.63) is 89.7 Å². The van der Waals surface area contributed by atoms with E-state index in [2.05, 4.69) is 15.4 Å². The van der Waals surface area contributed by atoms with Crippen LogP contribution >= 0.6 is 11.3 Å². The molecule has 140 valence electrons. The Morgan fingerprint density at radius 2 is 1.89 bits per heavy atom. The predicted octanol–water partition coefficient (Wildman–Crippen LogP) is 3.46. The first kappa shape index (κ1) is 18.1. The summed E-state index contributed by atoms with van der Waals surface area (Å²) < 4.78 is 1.74. The summed E-state index contributed by atoms with van der Waals surface area (Å²) in [4.78, 5) is 16.7. The van der Waals surface area contributed by atoms with Crippen LogP contribution in [-0.4, -0.2) is 32.3 Å². The molecule has 6 nitrogen and oxygen atoms in total. The number of aliphatic hydroxyl groups is 1. The van der Waals surface area contributed by atoms with Gasteiger partial charge in [0.05, 0.1) is 11.8 Å². The molecule has 1 amide bonds. The highest BCUT2D eigenvalue weighted by molar-refractivity contribution is 7.13. The smallest absolute Gasteiger partial charge is 0.270 e. The average molecular weight is 390 g/mol. The van der Waals surface area contributed by atoms with Crippen LogP contribution in [0.15, 0.2) is 78.4 Å². The van der Waals surface area contributed by atoms with Crippen molar-refractivity contribution in [3.8, 4) is 16.3 Å². The quantitative estimate of drug-likeness (QED) is 0.528. The minimum absolute atomic E-state index is 0.109. The van der Waals surface area contributed by atoms with Crippen molar-refractivity contribution >= 4 is 17.2 Å². The molecule has 2 aromatic heterocycles. The summed E-state index contributed by atoms with van der Waals surface area (Å²) in [6.07, 6.45) is 2.76. The van der Waals surface area contributed by atoms with Crippen LogP contribution in [-0.2, 0) is 0 Å². The lowest BCUT2D eigenvalue weighted by atomic mass is 10.1. The Morgan fingerprint density at radius 1 is 1.11 bits per heavy atom. The summed E-state index contributed by atoms with van der Waals surface area (Å²) >= 11 is 1.42. The molecule has 0 aliphatic carbocycles. The van der Waals surface area contributed by atoms with E-state index in [-0.39, 0.29) is 12.5 Å². The van der Waals surface area contributed by atoms with Crippen LogP contribution in [0.1, 0.15) is 22.2 Å². The number of nitrogens with one attached hydrogen (secondary N) is 1. The molecule has 1 unspecified atom stereocenters. The van der Waals surface area contributed by atoms with Gasteiger partial charge >= 0.3 is 0 Å². The zero-order valence-corrected chi connectivity index (χ0v) is 15.7. The Balaban J connectivity index is 1.36. The molecule has 2 aromatic carbocycles. The van der Waals surface area contributed by atoms with E-state index in [0.717, 1.165) is 21.8 Å². The van der Waals surface area contributed by atoms with Crippen LogP contribution < -0.4 is 5.32 Å². The van der Waals surface area contributed by atoms with Crippen LogP contribution in [0, 0.1) is 0 Å². The monoisotopic (exact) mass is 390 g/mol. The van der Waals surface area contributed by atoms with Gasteiger partial charge in [0.1, 0.15) is 10.7 Å². The molecule has 0 saturated heterocycles. The van der Waals surface area contributed by atoms with Gasteiger partial charge in [-0.05, 0) is 23.8 Å². The number of nitrogens with zero attached hydrogens (tertiary/aromatic N) is 3. The van der Waals surface area contributed by atoms with Crippen LogP contribution in [0.2, 0.25) is 0 Å². The summed E-state index contributed by atoms with van der Waals surface area (Å²) in [6, 6.07) is 19.0. The van der Waals surface area contributed by atoms with E-state index < -0.39 is 6.10 Å². The second-order valence-corrected chi connectivity index (χ2v) is 7.03. The lowest BCUT2D eigenvalue weighted by molar-refractivity contribution is 0.0912. The van der Waals surface area contributed by atoms with Crippen molar-refractivity contribution in [2.45, 2.75) is 6.10 Å². The van der Waals surface area contributed by atoms with Crippen LogP contribution in [0.3, 0.4) is 0 Å². The first-order valence-corrected chi connectivity index (χ1v) is 9.66. The standard InChI is InChI=1S/C21H18N4O2S/c26-19(15-7-9-17(10-8-15)25-12-4-11-23-25)13-22-20(27)18-14-28-21(24-18)16-5-2-1-3-6-16/h1-12,14,19,26H,13H2,(H,22,27). The predicted molar refractivity (Wildman–Crippen MR) is 108 cm³/mol. The highest BCUT2D eigenvalue weighted by atomic mass is 32.1. The summed E-state index contributed by atoms with van der Waals surface area (Å²) in [6.45, 7) is 0.109. The average Bonchev–Trinajstić information content (AvgIpc) is 3.45. The Kier molecular flexibility index (Phi) is 5.27. The van der Waals surface area contributed by atoms with E-state index in [1.807, 2.05) is 66.9 Å². The summed E-state index contributed by atoms with van der Waals surface area (Å²) in [5, 5.41) is 19.8. The Morgan fingerprint density at radius 3 is 2.61 bits per heavy atom. The summed E-state index contributed by atoms with van der Waals surface area (Å²) in [5.74, 6) is -0.300. The Hall–Kier alpha value is -3.29. The largest absolute Gasteiger partial charge is 0.387 e. The van der Waals surface area contributed by atoms with Gasteiger partial charge in [0.25, 0.3) is 5.91 Å². The number of aromatic nitrogens is 3. The van der Waals surface area contributed by atoms with Crippen LogP contribution in [0.4, 0.5) is 0 Å². The van der Waals surface area contributed by atoms with Crippen molar-refractivity contribution in [2.24, 2.45) is 0 Å². The first-order chi connectivity index (χ1) is 13.7. The number of carbonyl (C=O) groups is 1. The van der Waals surface area contributed by atoms with Gasteiger partial charge in [0, 0.05) is 29.9 Å². The number of thiazole rings is 1. The molecule has 2 heterocycles. The molecule has 0 aliphatic heterocycles. The van der Waals surface area contributed by atoms with Gasteiger partial charge in [-0.25, -0.2) is 9.67 Å². The molecule has 0 saturated carbocycles. The number of rotatable bonds is 6. The molecule has 0 bridgehead atoms.